The van der Waals surface area contributed by atoms with Crippen molar-refractivity contribution in [1.82, 2.24) is 62.1 Å². The van der Waals surface area contributed by atoms with Gasteiger partial charge in [-0.1, -0.05) is 0 Å². The molecule has 2 aromatic rings. The van der Waals surface area contributed by atoms with Crippen LogP contribution in [0.4, 0.5) is 0 Å². The minimum atomic E-state index is -1.23. The van der Waals surface area contributed by atoms with Crippen LogP contribution in [0.15, 0.2) is 31.6 Å². The molecule has 1 aliphatic heterocycles. The lowest BCUT2D eigenvalue weighted by molar-refractivity contribution is -0.144. The molecular weight excluding hydrogens is 765 g/mol. The number of amides is 4. The van der Waals surface area contributed by atoms with E-state index in [0.717, 1.165) is 56.8 Å². The molecule has 22 nitrogen and oxygen atoms in total. The van der Waals surface area contributed by atoms with Crippen LogP contribution >= 0.6 is 23.5 Å². The van der Waals surface area contributed by atoms with Crippen LogP contribution < -0.4 is 59.7 Å². The molecule has 2 aromatic heterocycles. The Hall–Kier alpha value is -4.75. The van der Waals surface area contributed by atoms with E-state index in [1.165, 1.54) is 12.4 Å². The fourth-order valence-corrected chi connectivity index (χ4v) is 6.88. The normalized spacial score (nSPS) is 15.3. The molecule has 1 aliphatic rings. The van der Waals surface area contributed by atoms with Crippen LogP contribution in [0.2, 0.25) is 0 Å². The molecule has 0 aromatic carbocycles. The Morgan fingerprint density at radius 2 is 1.16 bits per heavy atom. The lowest BCUT2D eigenvalue weighted by Crippen LogP contribution is -2.53. The van der Waals surface area contributed by atoms with Gasteiger partial charge < -0.3 is 51.9 Å². The molecule has 0 saturated carbocycles. The van der Waals surface area contributed by atoms with E-state index in [0.29, 0.717) is 26.2 Å². The molecule has 0 spiro atoms. The van der Waals surface area contributed by atoms with Crippen molar-refractivity contribution >= 4 is 53.1 Å². The standard InChI is InChI=1S/C31H48N12O10S2/c1-53-29(50)22(18-55-16-20-11-38-31(52)42-27(20)48)40-24(45)13-36-28(49)21(17-54-15-19-10-37-30(51)41-26(19)47)39-23(44)12-35-25(46)14-43-8-6-33-4-2-32-3-5-34-7-9-43/h10-11,21-22,32-34H,2-9,12-18H2,1H3,(H,35,46)(H,36,49)(H,39,44)(H,40,45)(H2,37,41,47,51)(H2,38,42,48,52)/t21-,22-/m0/s1. The summed E-state index contributed by atoms with van der Waals surface area (Å²) in [4.78, 5) is 122. The quantitative estimate of drug-likeness (QED) is 0.0625. The number of carbonyl (C=O) groups excluding carboxylic acids is 5. The molecule has 0 aliphatic carbocycles. The van der Waals surface area contributed by atoms with Gasteiger partial charge in [-0.05, 0) is 0 Å². The highest BCUT2D eigenvalue weighted by Gasteiger charge is 2.25. The van der Waals surface area contributed by atoms with E-state index in [-0.39, 0.29) is 40.7 Å². The number of carbonyl (C=O) groups is 5. The van der Waals surface area contributed by atoms with Crippen LogP contribution in [0, 0.1) is 0 Å². The summed E-state index contributed by atoms with van der Waals surface area (Å²) < 4.78 is 4.77. The van der Waals surface area contributed by atoms with Gasteiger partial charge in [0.15, 0.2) is 0 Å². The maximum absolute atomic E-state index is 13.3. The zero-order valence-corrected chi connectivity index (χ0v) is 31.9. The first kappa shape index (κ1) is 44.6. The Bertz CT molecular complexity index is 1800. The molecule has 24 heteroatoms. The van der Waals surface area contributed by atoms with Gasteiger partial charge in [-0.15, -0.1) is 0 Å². The Balaban J connectivity index is 1.55. The molecule has 1 saturated heterocycles. The van der Waals surface area contributed by atoms with Gasteiger partial charge in [-0.3, -0.25) is 43.6 Å². The fraction of sp³-hybridized carbons (Fsp3) is 0.581. The molecule has 55 heavy (non-hydrogen) atoms. The smallest absolute Gasteiger partial charge is 0.329 e. The first-order valence-corrected chi connectivity index (χ1v) is 19.6. The van der Waals surface area contributed by atoms with Gasteiger partial charge in [0.05, 0.1) is 26.7 Å². The molecule has 0 unspecified atom stereocenters. The van der Waals surface area contributed by atoms with Crippen LogP contribution in [0.1, 0.15) is 11.1 Å². The number of methoxy groups -OCH3 is 1. The predicted molar refractivity (Wildman–Crippen MR) is 205 cm³/mol. The minimum Gasteiger partial charge on any atom is -0.467 e. The van der Waals surface area contributed by atoms with Crippen LogP contribution in [0.3, 0.4) is 0 Å². The maximum Gasteiger partial charge on any atom is 0.329 e. The van der Waals surface area contributed by atoms with Crippen molar-refractivity contribution in [1.29, 1.82) is 0 Å². The Morgan fingerprint density at radius 1 is 0.691 bits per heavy atom. The van der Waals surface area contributed by atoms with Crippen molar-refractivity contribution in [2.24, 2.45) is 0 Å². The zero-order valence-electron chi connectivity index (χ0n) is 30.3. The molecule has 0 radical (unpaired) electrons. The molecule has 2 atom stereocenters. The number of hydrogen-bond acceptors (Lipinski definition) is 16. The van der Waals surface area contributed by atoms with E-state index in [4.69, 9.17) is 4.74 Å². The summed E-state index contributed by atoms with van der Waals surface area (Å²) in [5.41, 5.74) is -2.13. The lowest BCUT2D eigenvalue weighted by Gasteiger charge is -2.23. The van der Waals surface area contributed by atoms with E-state index in [9.17, 15) is 43.2 Å². The van der Waals surface area contributed by atoms with E-state index in [2.05, 4.69) is 57.2 Å². The number of esters is 1. The predicted octanol–water partition coefficient (Wildman–Crippen LogP) is -5.93. The number of aromatic amines is 4. The number of nitrogens with zero attached hydrogens (tertiary/aromatic N) is 1. The highest BCUT2D eigenvalue weighted by atomic mass is 32.2. The molecule has 3 heterocycles. The molecule has 11 N–H and O–H groups in total. The number of nitrogens with one attached hydrogen (secondary N) is 11. The van der Waals surface area contributed by atoms with Crippen LogP contribution in [0.5, 0.6) is 0 Å². The van der Waals surface area contributed by atoms with E-state index < -0.39 is 77.3 Å². The van der Waals surface area contributed by atoms with Gasteiger partial charge in [0.2, 0.25) is 23.6 Å². The minimum absolute atomic E-state index is 0.0148. The first-order chi connectivity index (χ1) is 26.4. The first-order valence-electron chi connectivity index (χ1n) is 17.3. The molecule has 1 fully saturated rings. The summed E-state index contributed by atoms with van der Waals surface area (Å²) in [6.45, 7) is 4.83. The third kappa shape index (κ3) is 17.5. The van der Waals surface area contributed by atoms with Crippen LogP contribution in [0.25, 0.3) is 0 Å². The van der Waals surface area contributed by atoms with Crippen molar-refractivity contribution in [2.75, 3.05) is 90.6 Å². The topological polar surface area (TPSA) is 313 Å². The average Bonchev–Trinajstić information content (AvgIpc) is 3.14. The highest BCUT2D eigenvalue weighted by Crippen LogP contribution is 2.11. The van der Waals surface area contributed by atoms with Crippen molar-refractivity contribution < 1.29 is 28.7 Å². The number of H-pyrrole nitrogens is 4. The van der Waals surface area contributed by atoms with Gasteiger partial charge in [0.1, 0.15) is 12.1 Å². The number of aromatic nitrogens is 4. The van der Waals surface area contributed by atoms with Gasteiger partial charge in [-0.25, -0.2) is 14.4 Å². The average molecular weight is 813 g/mol. The monoisotopic (exact) mass is 812 g/mol. The van der Waals surface area contributed by atoms with E-state index in [1.807, 2.05) is 4.90 Å². The maximum atomic E-state index is 13.3. The summed E-state index contributed by atoms with van der Waals surface area (Å²) in [6.07, 6.45) is 2.48. The van der Waals surface area contributed by atoms with E-state index in [1.54, 1.807) is 0 Å². The Labute approximate surface area is 322 Å². The largest absolute Gasteiger partial charge is 0.467 e. The van der Waals surface area contributed by atoms with Crippen LogP contribution in [-0.2, 0) is 40.2 Å². The SMILES string of the molecule is COC(=O)[C@H](CSCc1c[nH]c(=O)[nH]c1=O)NC(=O)CNC(=O)[C@H](CSCc1c[nH]c(=O)[nH]c1=O)NC(=O)CNC(=O)CN1CCNCCNCCNCC1. The Morgan fingerprint density at radius 3 is 1.67 bits per heavy atom. The highest BCUT2D eigenvalue weighted by molar-refractivity contribution is 7.98. The second kappa shape index (κ2) is 24.6. The molecular formula is C31H48N12O10S2. The second-order valence-corrected chi connectivity index (χ2v) is 14.1. The lowest BCUT2D eigenvalue weighted by atomic mass is 10.3. The summed E-state index contributed by atoms with van der Waals surface area (Å²) >= 11 is 2.19. The van der Waals surface area contributed by atoms with Gasteiger partial charge >= 0.3 is 17.3 Å². The summed E-state index contributed by atoms with van der Waals surface area (Å²) in [7, 11) is 1.13. The fourth-order valence-electron chi connectivity index (χ4n) is 4.85. The second-order valence-electron chi connectivity index (χ2n) is 12.0. The summed E-state index contributed by atoms with van der Waals surface area (Å²) in [5, 5.41) is 19.9. The molecule has 4 amide bonds. The zero-order chi connectivity index (χ0) is 40.0. The summed E-state index contributed by atoms with van der Waals surface area (Å²) in [5.74, 6) is -3.32. The number of rotatable bonds is 18. The third-order valence-electron chi connectivity index (χ3n) is 7.75. The van der Waals surface area contributed by atoms with Crippen molar-refractivity contribution in [2.45, 2.75) is 23.6 Å². The third-order valence-corrected chi connectivity index (χ3v) is 9.92. The van der Waals surface area contributed by atoms with Crippen molar-refractivity contribution in [3.8, 4) is 0 Å². The number of hydrogen-bond donors (Lipinski definition) is 11. The molecule has 0 bridgehead atoms. The number of thioether (sulfide) groups is 2. The molecule has 3 rings (SSSR count). The Kier molecular flexibility index (Phi) is 20.0. The van der Waals surface area contributed by atoms with Gasteiger partial charge in [-0.2, -0.15) is 23.5 Å². The van der Waals surface area contributed by atoms with Crippen LogP contribution in [-0.4, -0.2) is 157 Å². The van der Waals surface area contributed by atoms with E-state index >= 15 is 0 Å². The van der Waals surface area contributed by atoms with Gasteiger partial charge in [0.25, 0.3) is 11.1 Å². The number of ether oxygens (including phenoxy) is 1. The molecule has 304 valence electrons. The van der Waals surface area contributed by atoms with Crippen molar-refractivity contribution in [3.05, 3.63) is 65.2 Å². The van der Waals surface area contributed by atoms with Crippen molar-refractivity contribution in [3.63, 3.8) is 0 Å². The van der Waals surface area contributed by atoms with Gasteiger partial charge in [0, 0.05) is 98.9 Å². The summed E-state index contributed by atoms with van der Waals surface area (Å²) in [6, 6.07) is -2.38.